The summed E-state index contributed by atoms with van der Waals surface area (Å²) in [5.74, 6) is 0.360. The van der Waals surface area contributed by atoms with Crippen molar-refractivity contribution in [3.05, 3.63) is 90.1 Å². The van der Waals surface area contributed by atoms with Crippen molar-refractivity contribution in [1.82, 2.24) is 3.97 Å². The Morgan fingerprint density at radius 1 is 0.833 bits per heavy atom. The molecule has 0 bridgehead atoms. The third-order valence-electron chi connectivity index (χ3n) is 4.83. The fourth-order valence-corrected chi connectivity index (χ4v) is 4.90. The minimum absolute atomic E-state index is 0.0310. The summed E-state index contributed by atoms with van der Waals surface area (Å²) in [5.41, 5.74) is 0.700. The number of ketones is 1. The maximum Gasteiger partial charge on any atom is 0.268 e. The summed E-state index contributed by atoms with van der Waals surface area (Å²) in [7, 11) is -1.05. The number of hydrogen-bond acceptors (Lipinski definition) is 5. The summed E-state index contributed by atoms with van der Waals surface area (Å²) in [4.78, 5) is 13.6. The molecule has 0 fully saturated rings. The number of nitrogens with zero attached hydrogens (tertiary/aromatic N) is 1. The van der Waals surface area contributed by atoms with E-state index >= 15 is 0 Å². The summed E-state index contributed by atoms with van der Waals surface area (Å²) in [6.45, 7) is 0. The van der Waals surface area contributed by atoms with Crippen molar-refractivity contribution in [1.29, 1.82) is 0 Å². The van der Waals surface area contributed by atoms with E-state index in [2.05, 4.69) is 0 Å². The second kappa shape index (κ2) is 7.68. The number of carbonyl (C=O) groups excluding carboxylic acids is 1. The topological polar surface area (TPSA) is 74.6 Å². The van der Waals surface area contributed by atoms with Gasteiger partial charge in [0, 0.05) is 11.5 Å². The van der Waals surface area contributed by atoms with E-state index in [1.807, 2.05) is 0 Å². The van der Waals surface area contributed by atoms with Crippen molar-refractivity contribution in [3.8, 4) is 11.5 Å². The molecule has 4 aromatic rings. The molecule has 0 atom stereocenters. The number of rotatable bonds is 6. The van der Waals surface area contributed by atoms with Crippen LogP contribution >= 0.6 is 0 Å². The van der Waals surface area contributed by atoms with Crippen LogP contribution in [0.3, 0.4) is 0 Å². The summed E-state index contributed by atoms with van der Waals surface area (Å²) < 4.78 is 38.6. The minimum Gasteiger partial charge on any atom is -0.497 e. The van der Waals surface area contributed by atoms with Crippen LogP contribution in [0.15, 0.2) is 83.8 Å². The van der Waals surface area contributed by atoms with Gasteiger partial charge in [-0.3, -0.25) is 4.79 Å². The Balaban J connectivity index is 1.97. The molecule has 3 aromatic carbocycles. The lowest BCUT2D eigenvalue weighted by molar-refractivity contribution is 0.103. The monoisotopic (exact) mass is 421 g/mol. The average Bonchev–Trinajstić information content (AvgIpc) is 3.19. The van der Waals surface area contributed by atoms with E-state index < -0.39 is 15.8 Å². The van der Waals surface area contributed by atoms with Crippen molar-refractivity contribution in [2.45, 2.75) is 4.90 Å². The van der Waals surface area contributed by atoms with Gasteiger partial charge in [-0.05, 0) is 36.4 Å². The van der Waals surface area contributed by atoms with Gasteiger partial charge in [0.1, 0.15) is 17.2 Å². The molecule has 0 aliphatic carbocycles. The molecule has 0 N–H and O–H groups in total. The molecule has 152 valence electrons. The number of benzene rings is 3. The van der Waals surface area contributed by atoms with Crippen LogP contribution in [0.1, 0.15) is 16.1 Å². The Kier molecular flexibility index (Phi) is 5.05. The predicted octanol–water partition coefficient (Wildman–Crippen LogP) is 4.13. The molecule has 6 nitrogen and oxygen atoms in total. The first kappa shape index (κ1) is 19.7. The zero-order chi connectivity index (χ0) is 21.3. The van der Waals surface area contributed by atoms with Gasteiger partial charge >= 0.3 is 0 Å². The van der Waals surface area contributed by atoms with Crippen LogP contribution in [0, 0.1) is 0 Å². The van der Waals surface area contributed by atoms with Crippen molar-refractivity contribution in [2.75, 3.05) is 14.2 Å². The molecule has 0 radical (unpaired) electrons. The zero-order valence-electron chi connectivity index (χ0n) is 16.4. The molecule has 0 aliphatic heterocycles. The van der Waals surface area contributed by atoms with Gasteiger partial charge in [0.25, 0.3) is 10.0 Å². The van der Waals surface area contributed by atoms with Gasteiger partial charge < -0.3 is 9.47 Å². The number of carbonyl (C=O) groups is 1. The van der Waals surface area contributed by atoms with E-state index in [1.165, 1.54) is 26.4 Å². The predicted molar refractivity (Wildman–Crippen MR) is 114 cm³/mol. The van der Waals surface area contributed by atoms with Gasteiger partial charge in [-0.1, -0.05) is 36.4 Å². The lowest BCUT2D eigenvalue weighted by Gasteiger charge is -2.13. The van der Waals surface area contributed by atoms with Crippen LogP contribution in [0.2, 0.25) is 0 Å². The third kappa shape index (κ3) is 3.23. The number of methoxy groups -OCH3 is 2. The third-order valence-corrected chi connectivity index (χ3v) is 6.58. The van der Waals surface area contributed by atoms with E-state index in [9.17, 15) is 13.2 Å². The molecule has 0 saturated heterocycles. The molecule has 0 unspecified atom stereocenters. The molecule has 7 heteroatoms. The second-order valence-corrected chi connectivity index (χ2v) is 8.35. The van der Waals surface area contributed by atoms with Gasteiger partial charge in [-0.15, -0.1) is 0 Å². The fourth-order valence-electron chi connectivity index (χ4n) is 3.37. The lowest BCUT2D eigenvalue weighted by Crippen LogP contribution is -2.19. The molecule has 1 heterocycles. The maximum absolute atomic E-state index is 13.5. The van der Waals surface area contributed by atoms with E-state index in [4.69, 9.17) is 9.47 Å². The highest BCUT2D eigenvalue weighted by molar-refractivity contribution is 7.90. The molecule has 0 amide bonds. The Morgan fingerprint density at radius 2 is 1.53 bits per heavy atom. The van der Waals surface area contributed by atoms with E-state index in [1.54, 1.807) is 66.7 Å². The molecular weight excluding hydrogens is 402 g/mol. The van der Waals surface area contributed by atoms with Crippen LogP contribution in [-0.2, 0) is 10.0 Å². The van der Waals surface area contributed by atoms with Gasteiger partial charge in [-0.2, -0.15) is 0 Å². The lowest BCUT2D eigenvalue weighted by atomic mass is 10.1. The van der Waals surface area contributed by atoms with E-state index in [-0.39, 0.29) is 16.2 Å². The van der Waals surface area contributed by atoms with Crippen LogP contribution in [0.5, 0.6) is 11.5 Å². The largest absolute Gasteiger partial charge is 0.497 e. The summed E-state index contributed by atoms with van der Waals surface area (Å²) in [6, 6.07) is 21.4. The van der Waals surface area contributed by atoms with E-state index in [0.717, 1.165) is 3.97 Å². The van der Waals surface area contributed by atoms with Gasteiger partial charge in [0.15, 0.2) is 0 Å². The van der Waals surface area contributed by atoms with Crippen molar-refractivity contribution in [2.24, 2.45) is 0 Å². The molecule has 30 heavy (non-hydrogen) atoms. The average molecular weight is 421 g/mol. The first-order valence-electron chi connectivity index (χ1n) is 9.15. The van der Waals surface area contributed by atoms with Gasteiger partial charge in [0.2, 0.25) is 5.78 Å². The highest BCUT2D eigenvalue weighted by Crippen LogP contribution is 2.31. The fraction of sp³-hybridized carbons (Fsp3) is 0.0870. The number of para-hydroxylation sites is 1. The Hall–Kier alpha value is -3.58. The van der Waals surface area contributed by atoms with Gasteiger partial charge in [-0.25, -0.2) is 12.4 Å². The first-order chi connectivity index (χ1) is 14.5. The molecule has 0 aliphatic rings. The Morgan fingerprint density at radius 3 is 2.23 bits per heavy atom. The van der Waals surface area contributed by atoms with Crippen LogP contribution < -0.4 is 9.47 Å². The minimum atomic E-state index is -4.01. The van der Waals surface area contributed by atoms with Crippen molar-refractivity contribution < 1.29 is 22.7 Å². The van der Waals surface area contributed by atoms with Crippen LogP contribution in [0.25, 0.3) is 10.9 Å². The summed E-state index contributed by atoms with van der Waals surface area (Å²) in [5, 5.41) is 0.646. The standard InChI is InChI=1S/C23H19NO5S/c1-28-17-12-13-19(22(15-17)29-2)23(25)21-14-16-8-6-7-11-20(16)24(21)30(26,27)18-9-4-3-5-10-18/h3-15H,1-2H3. The molecular formula is C23H19NO5S. The first-order valence-corrected chi connectivity index (χ1v) is 10.6. The zero-order valence-corrected chi connectivity index (χ0v) is 17.2. The Bertz CT molecular complexity index is 1340. The SMILES string of the molecule is COc1ccc(C(=O)c2cc3ccccc3n2S(=O)(=O)c2ccccc2)c(OC)c1. The van der Waals surface area contributed by atoms with Crippen molar-refractivity contribution >= 4 is 26.7 Å². The second-order valence-electron chi connectivity index (χ2n) is 6.57. The number of ether oxygens (including phenoxy) is 2. The maximum atomic E-state index is 13.5. The molecule has 4 rings (SSSR count). The number of fused-ring (bicyclic) bond motifs is 1. The van der Waals surface area contributed by atoms with Gasteiger partial charge in [0.05, 0.1) is 30.2 Å². The molecule has 1 aromatic heterocycles. The highest BCUT2D eigenvalue weighted by atomic mass is 32.2. The van der Waals surface area contributed by atoms with Crippen molar-refractivity contribution in [3.63, 3.8) is 0 Å². The highest BCUT2D eigenvalue weighted by Gasteiger charge is 2.28. The normalized spacial score (nSPS) is 11.4. The molecule has 0 spiro atoms. The summed E-state index contributed by atoms with van der Waals surface area (Å²) in [6.07, 6.45) is 0. The summed E-state index contributed by atoms with van der Waals surface area (Å²) >= 11 is 0. The molecule has 0 saturated carbocycles. The number of aromatic nitrogens is 1. The van der Waals surface area contributed by atoms with E-state index in [0.29, 0.717) is 22.4 Å². The Labute approximate surface area is 174 Å². The van der Waals surface area contributed by atoms with Crippen LogP contribution in [-0.4, -0.2) is 32.4 Å². The number of hydrogen-bond donors (Lipinski definition) is 0. The van der Waals surface area contributed by atoms with Crippen LogP contribution in [0.4, 0.5) is 0 Å². The smallest absolute Gasteiger partial charge is 0.268 e. The quantitative estimate of drug-likeness (QED) is 0.438.